The van der Waals surface area contributed by atoms with Gasteiger partial charge in [0.25, 0.3) is 0 Å². The molecule has 4 aromatic rings. The molecule has 1 atom stereocenters. The number of aryl methyl sites for hydroxylation is 1. The van der Waals surface area contributed by atoms with E-state index in [1.54, 1.807) is 0 Å². The first-order valence-corrected chi connectivity index (χ1v) is 11.2. The summed E-state index contributed by atoms with van der Waals surface area (Å²) < 4.78 is 2.21. The molecule has 0 saturated heterocycles. The third kappa shape index (κ3) is 3.98. The Hall–Kier alpha value is -3.99. The molecule has 1 aliphatic heterocycles. The molecule has 0 aliphatic carbocycles. The van der Waals surface area contributed by atoms with Gasteiger partial charge in [0.2, 0.25) is 0 Å². The van der Waals surface area contributed by atoms with Crippen molar-refractivity contribution in [2.45, 2.75) is 19.5 Å². The molecule has 5 heteroatoms. The van der Waals surface area contributed by atoms with Crippen LogP contribution < -0.4 is 10.2 Å². The van der Waals surface area contributed by atoms with E-state index in [1.807, 2.05) is 62.3 Å². The Morgan fingerprint density at radius 3 is 2.36 bits per heavy atom. The normalized spacial score (nSPS) is 14.8. The number of anilines is 2. The summed E-state index contributed by atoms with van der Waals surface area (Å²) in [5.41, 5.74) is 7.44. The van der Waals surface area contributed by atoms with Crippen LogP contribution in [0.5, 0.6) is 0 Å². The van der Waals surface area contributed by atoms with Gasteiger partial charge >= 0.3 is 6.03 Å². The fourth-order valence-electron chi connectivity index (χ4n) is 4.48. The summed E-state index contributed by atoms with van der Waals surface area (Å²) in [6, 6.07) is 28.5. The lowest BCUT2D eigenvalue weighted by Crippen LogP contribution is -2.37. The summed E-state index contributed by atoms with van der Waals surface area (Å²) in [6.45, 7) is 2.55. The maximum atomic E-state index is 13.7. The Labute approximate surface area is 194 Å². The number of urea groups is 1. The van der Waals surface area contributed by atoms with Crippen molar-refractivity contribution in [2.24, 2.45) is 0 Å². The minimum absolute atomic E-state index is 0.120. The topological polar surface area (TPSA) is 40.5 Å². The number of hydrogen-bond donors (Lipinski definition) is 1. The number of aromatic nitrogens is 1. The van der Waals surface area contributed by atoms with Crippen LogP contribution in [0.3, 0.4) is 0 Å². The number of nitrogens with one attached hydrogen (secondary N) is 1. The van der Waals surface area contributed by atoms with Crippen LogP contribution in [0.15, 0.2) is 91.1 Å². The highest BCUT2D eigenvalue weighted by Gasteiger charge is 2.33. The van der Waals surface area contributed by atoms with Crippen molar-refractivity contribution in [1.29, 1.82) is 0 Å². The number of para-hydroxylation sites is 1. The maximum Gasteiger partial charge on any atom is 0.322 e. The van der Waals surface area contributed by atoms with Crippen LogP contribution in [-0.4, -0.2) is 29.6 Å². The van der Waals surface area contributed by atoms with Gasteiger partial charge in [0, 0.05) is 37.4 Å². The summed E-state index contributed by atoms with van der Waals surface area (Å²) in [5.74, 6) is 0. The molecular weight excluding hydrogens is 408 g/mol. The summed E-state index contributed by atoms with van der Waals surface area (Å²) in [4.78, 5) is 17.7. The molecule has 1 aromatic heterocycles. The van der Waals surface area contributed by atoms with Gasteiger partial charge in [0.1, 0.15) is 0 Å². The Bertz CT molecular complexity index is 1270. The van der Waals surface area contributed by atoms with E-state index in [1.165, 1.54) is 0 Å². The molecule has 1 unspecified atom stereocenters. The molecule has 2 heterocycles. The Morgan fingerprint density at radius 2 is 1.64 bits per heavy atom. The van der Waals surface area contributed by atoms with Crippen molar-refractivity contribution in [2.75, 3.05) is 24.3 Å². The van der Waals surface area contributed by atoms with Gasteiger partial charge in [-0.05, 0) is 60.5 Å². The van der Waals surface area contributed by atoms with E-state index in [2.05, 4.69) is 69.5 Å². The lowest BCUT2D eigenvalue weighted by Gasteiger charge is -2.31. The monoisotopic (exact) mass is 436 g/mol. The fourth-order valence-corrected chi connectivity index (χ4v) is 4.48. The van der Waals surface area contributed by atoms with Crippen LogP contribution >= 0.6 is 0 Å². The zero-order chi connectivity index (χ0) is 22.9. The molecule has 166 valence electrons. The van der Waals surface area contributed by atoms with Crippen LogP contribution in [0, 0.1) is 6.92 Å². The van der Waals surface area contributed by atoms with Gasteiger partial charge < -0.3 is 19.7 Å². The number of carbonyl (C=O) groups excluding carboxylic acids is 1. The predicted molar refractivity (Wildman–Crippen MR) is 134 cm³/mol. The van der Waals surface area contributed by atoms with Gasteiger partial charge in [0.05, 0.1) is 18.3 Å². The minimum atomic E-state index is -0.228. The van der Waals surface area contributed by atoms with E-state index >= 15 is 0 Å². The second-order valence-corrected chi connectivity index (χ2v) is 8.74. The third-order valence-corrected chi connectivity index (χ3v) is 6.25. The average molecular weight is 437 g/mol. The van der Waals surface area contributed by atoms with Crippen molar-refractivity contribution < 1.29 is 4.79 Å². The first-order chi connectivity index (χ1) is 16.0. The van der Waals surface area contributed by atoms with E-state index in [0.29, 0.717) is 6.54 Å². The fraction of sp³-hybridized carbons (Fsp3) is 0.179. The first-order valence-electron chi connectivity index (χ1n) is 11.2. The quantitative estimate of drug-likeness (QED) is 0.429. The molecule has 5 rings (SSSR count). The number of benzene rings is 3. The van der Waals surface area contributed by atoms with E-state index in [-0.39, 0.29) is 12.1 Å². The number of carbonyl (C=O) groups is 1. The van der Waals surface area contributed by atoms with E-state index in [0.717, 1.165) is 39.4 Å². The summed E-state index contributed by atoms with van der Waals surface area (Å²) >= 11 is 0. The summed E-state index contributed by atoms with van der Waals surface area (Å²) in [5, 5.41) is 3.12. The number of nitrogens with zero attached hydrogens (tertiary/aromatic N) is 3. The lowest BCUT2D eigenvalue weighted by molar-refractivity contribution is 0.194. The SMILES string of the molecule is Cc1ccc(NC(=O)N2Cc3ccccc3-n3cccc3C2c2ccc(N(C)C)cc2)cc1. The van der Waals surface area contributed by atoms with Gasteiger partial charge in [-0.3, -0.25) is 0 Å². The van der Waals surface area contributed by atoms with Crippen molar-refractivity contribution in [1.82, 2.24) is 9.47 Å². The van der Waals surface area contributed by atoms with Crippen molar-refractivity contribution in [3.05, 3.63) is 114 Å². The van der Waals surface area contributed by atoms with Gasteiger partial charge in [-0.15, -0.1) is 0 Å². The van der Waals surface area contributed by atoms with Crippen LogP contribution in [0.2, 0.25) is 0 Å². The van der Waals surface area contributed by atoms with Gasteiger partial charge in [0.15, 0.2) is 0 Å². The lowest BCUT2D eigenvalue weighted by atomic mass is 10.0. The van der Waals surface area contributed by atoms with Gasteiger partial charge in [-0.1, -0.05) is 48.0 Å². The van der Waals surface area contributed by atoms with E-state index in [4.69, 9.17) is 0 Å². The molecule has 1 aliphatic rings. The largest absolute Gasteiger partial charge is 0.378 e. The molecule has 5 nitrogen and oxygen atoms in total. The van der Waals surface area contributed by atoms with Crippen LogP contribution in [0.25, 0.3) is 5.69 Å². The number of fused-ring (bicyclic) bond motifs is 3. The Morgan fingerprint density at radius 1 is 0.909 bits per heavy atom. The zero-order valence-corrected chi connectivity index (χ0v) is 19.2. The smallest absolute Gasteiger partial charge is 0.322 e. The second kappa shape index (κ2) is 8.51. The summed E-state index contributed by atoms with van der Waals surface area (Å²) in [6.07, 6.45) is 2.08. The first kappa shape index (κ1) is 20.9. The van der Waals surface area contributed by atoms with Crippen molar-refractivity contribution in [3.8, 4) is 5.69 Å². The van der Waals surface area contributed by atoms with E-state index < -0.39 is 0 Å². The molecule has 0 fully saturated rings. The zero-order valence-electron chi connectivity index (χ0n) is 19.2. The van der Waals surface area contributed by atoms with Crippen LogP contribution in [0.4, 0.5) is 16.2 Å². The highest BCUT2D eigenvalue weighted by Crippen LogP contribution is 2.37. The van der Waals surface area contributed by atoms with Crippen molar-refractivity contribution in [3.63, 3.8) is 0 Å². The number of amides is 2. The molecule has 2 amide bonds. The predicted octanol–water partition coefficient (Wildman–Crippen LogP) is 5.99. The molecule has 1 N–H and O–H groups in total. The molecule has 3 aromatic carbocycles. The highest BCUT2D eigenvalue weighted by atomic mass is 16.2. The third-order valence-electron chi connectivity index (χ3n) is 6.25. The second-order valence-electron chi connectivity index (χ2n) is 8.74. The number of hydrogen-bond acceptors (Lipinski definition) is 2. The van der Waals surface area contributed by atoms with Crippen LogP contribution in [0.1, 0.15) is 28.4 Å². The molecule has 0 spiro atoms. The Balaban J connectivity index is 1.61. The molecule has 0 radical (unpaired) electrons. The average Bonchev–Trinajstić information content (AvgIpc) is 3.25. The van der Waals surface area contributed by atoms with Crippen molar-refractivity contribution >= 4 is 17.4 Å². The molecular formula is C28H28N4O. The Kier molecular flexibility index (Phi) is 5.38. The van der Waals surface area contributed by atoms with Gasteiger partial charge in [-0.25, -0.2) is 4.79 Å². The standard InChI is InChI=1S/C28H28N4O/c1-20-10-14-23(15-11-20)29-28(33)32-19-22-7-4-5-8-25(22)31-18-6-9-26(31)27(32)21-12-16-24(17-13-21)30(2)3/h4-18,27H,19H2,1-3H3,(H,29,33). The molecule has 0 saturated carbocycles. The highest BCUT2D eigenvalue weighted by molar-refractivity contribution is 5.90. The van der Waals surface area contributed by atoms with Crippen LogP contribution in [-0.2, 0) is 6.54 Å². The molecule has 33 heavy (non-hydrogen) atoms. The van der Waals surface area contributed by atoms with Gasteiger partial charge in [-0.2, -0.15) is 0 Å². The maximum absolute atomic E-state index is 13.7. The van der Waals surface area contributed by atoms with E-state index in [9.17, 15) is 4.79 Å². The molecule has 0 bridgehead atoms. The minimum Gasteiger partial charge on any atom is -0.378 e. The summed E-state index contributed by atoms with van der Waals surface area (Å²) in [7, 11) is 4.06. The number of rotatable bonds is 3.